The van der Waals surface area contributed by atoms with E-state index in [0.717, 1.165) is 49.9 Å². The van der Waals surface area contributed by atoms with Gasteiger partial charge in [-0.2, -0.15) is 0 Å². The van der Waals surface area contributed by atoms with Crippen molar-refractivity contribution in [3.63, 3.8) is 0 Å². The number of benzene rings is 1. The second kappa shape index (κ2) is 14.8. The van der Waals surface area contributed by atoms with Gasteiger partial charge in [-0.05, 0) is 17.7 Å². The molecule has 6 N–H and O–H groups in total. The summed E-state index contributed by atoms with van der Waals surface area (Å²) in [5.41, 5.74) is 6.69. The maximum absolute atomic E-state index is 13.5. The van der Waals surface area contributed by atoms with Crippen molar-refractivity contribution >= 4 is 96.8 Å². The Bertz CT molecular complexity index is 2250. The summed E-state index contributed by atoms with van der Waals surface area (Å²) in [6.45, 7) is -0.00594. The molecule has 6 heterocycles. The van der Waals surface area contributed by atoms with E-state index < -0.39 is 40.4 Å². The fourth-order valence-electron chi connectivity index (χ4n) is 4.91. The standard InChI is InChI=1S/C29H23N9O8S5/c30-27-32-15(11-49-27)19(37-45-5-6-47-28-36-35-23(46-28)14-7-16(39)17(40)8-31-14)22(41)34-20-24(42)38-21(26(43)44)12(9-48-25(20)38)10-50-29-33-13-3-1-2-4-18(13)51-29/h1-4,7-8,11,20,25,40H,5-6,9-10H2,(H2,30,32)(H,31,39)(H,34,41)(H,43,44)/b37-19-/t20-,25-/m1/s1. The number of thioether (sulfide) groups is 3. The second-order valence-electron chi connectivity index (χ2n) is 10.5. The number of hydrogen-bond acceptors (Lipinski definition) is 18. The molecule has 17 nitrogen and oxygen atoms in total. The lowest BCUT2D eigenvalue weighted by Gasteiger charge is -2.49. The van der Waals surface area contributed by atoms with E-state index in [-0.39, 0.29) is 51.4 Å². The number of oxime groups is 1. The lowest BCUT2D eigenvalue weighted by Crippen LogP contribution is -2.71. The first kappa shape index (κ1) is 34.5. The van der Waals surface area contributed by atoms with E-state index in [1.54, 1.807) is 0 Å². The van der Waals surface area contributed by atoms with Crippen molar-refractivity contribution in [2.24, 2.45) is 5.16 Å². The van der Waals surface area contributed by atoms with Crippen molar-refractivity contribution in [2.45, 2.75) is 21.0 Å². The Kier molecular flexibility index (Phi) is 9.99. The first-order valence-electron chi connectivity index (χ1n) is 14.6. The quantitative estimate of drug-likeness (QED) is 0.0378. The molecule has 7 rings (SSSR count). The molecule has 1 fully saturated rings. The molecule has 2 aliphatic heterocycles. The average molecular weight is 786 g/mol. The number of carbonyl (C=O) groups is 3. The number of carbonyl (C=O) groups excluding carboxylic acids is 2. The lowest BCUT2D eigenvalue weighted by molar-refractivity contribution is -0.150. The van der Waals surface area contributed by atoms with Crippen LogP contribution >= 0.6 is 58.0 Å². The van der Waals surface area contributed by atoms with Gasteiger partial charge < -0.3 is 35.5 Å². The highest BCUT2D eigenvalue weighted by atomic mass is 32.2. The molecule has 51 heavy (non-hydrogen) atoms. The topological polar surface area (TPSA) is 252 Å². The van der Waals surface area contributed by atoms with Crippen molar-refractivity contribution < 1.29 is 33.9 Å². The Hall–Kier alpha value is -4.90. The van der Waals surface area contributed by atoms with Crippen molar-refractivity contribution in [3.05, 3.63) is 69.1 Å². The van der Waals surface area contributed by atoms with Gasteiger partial charge in [0.15, 0.2) is 20.9 Å². The normalized spacial score (nSPS) is 17.4. The number of amides is 2. The number of aromatic hydroxyl groups is 1. The fraction of sp³-hybridized carbons (Fsp3) is 0.207. The zero-order valence-corrected chi connectivity index (χ0v) is 29.8. The highest BCUT2D eigenvalue weighted by molar-refractivity contribution is 8.02. The SMILES string of the molecule is Nc1nc(/C(=N/OCCSc2nnc(-c3cc(=O)c(O)c[nH]3)o2)C(=O)N[C@@H]2C(=O)N3C(C(=O)O)=C(CSc4nc5ccccc5s4)CS[C@H]23)cs1. The van der Waals surface area contributed by atoms with E-state index in [1.807, 2.05) is 24.3 Å². The van der Waals surface area contributed by atoms with Gasteiger partial charge in [0.05, 0.1) is 10.2 Å². The maximum atomic E-state index is 13.5. The number of hydrogen-bond donors (Lipinski definition) is 5. The number of β-lactam (4-membered cyclic amide) rings is 1. The van der Waals surface area contributed by atoms with E-state index in [0.29, 0.717) is 17.1 Å². The van der Waals surface area contributed by atoms with Crippen LogP contribution in [0.4, 0.5) is 5.13 Å². The molecule has 2 aliphatic rings. The molecule has 0 radical (unpaired) electrons. The number of nitrogens with zero attached hydrogens (tertiary/aromatic N) is 6. The minimum Gasteiger partial charge on any atom is -0.503 e. The number of carboxylic acids is 1. The summed E-state index contributed by atoms with van der Waals surface area (Å²) in [5.74, 6) is -2.00. The van der Waals surface area contributed by atoms with Crippen molar-refractivity contribution in [2.75, 3.05) is 29.6 Å². The number of aromatic nitrogens is 5. The minimum absolute atomic E-state index is 0.00594. The molecule has 2 atom stereocenters. The van der Waals surface area contributed by atoms with Crippen LogP contribution in [-0.2, 0) is 19.2 Å². The number of para-hydroxylation sites is 1. The monoisotopic (exact) mass is 785 g/mol. The Morgan fingerprint density at radius 2 is 2.06 bits per heavy atom. The predicted molar refractivity (Wildman–Crippen MR) is 192 cm³/mol. The molecule has 0 spiro atoms. The summed E-state index contributed by atoms with van der Waals surface area (Å²) in [6.07, 6.45) is 1.11. The highest BCUT2D eigenvalue weighted by Crippen LogP contribution is 2.42. The third-order valence-electron chi connectivity index (χ3n) is 7.25. The number of fused-ring (bicyclic) bond motifs is 2. The summed E-state index contributed by atoms with van der Waals surface area (Å²) < 4.78 is 7.35. The van der Waals surface area contributed by atoms with Crippen molar-refractivity contribution in [1.29, 1.82) is 0 Å². The number of nitrogens with one attached hydrogen (secondary N) is 2. The number of rotatable bonds is 13. The van der Waals surface area contributed by atoms with Crippen molar-refractivity contribution in [3.8, 4) is 17.3 Å². The van der Waals surface area contributed by atoms with Gasteiger partial charge in [-0.25, -0.2) is 14.8 Å². The van der Waals surface area contributed by atoms with E-state index in [1.165, 1.54) is 45.1 Å². The predicted octanol–water partition coefficient (Wildman–Crippen LogP) is 2.82. The largest absolute Gasteiger partial charge is 0.503 e. The van der Waals surface area contributed by atoms with Gasteiger partial charge in [-0.1, -0.05) is 40.8 Å². The molecular formula is C29H23N9O8S5. The number of carboxylic acid groups (broad SMARTS) is 1. The molecule has 1 aromatic carbocycles. The second-order valence-corrected chi connectivity index (χ2v) is 15.8. The highest BCUT2D eigenvalue weighted by Gasteiger charge is 2.54. The van der Waals surface area contributed by atoms with E-state index >= 15 is 0 Å². The van der Waals surface area contributed by atoms with Crippen LogP contribution in [0, 0.1) is 0 Å². The first-order valence-corrected chi connectivity index (χ1v) is 19.4. The van der Waals surface area contributed by atoms with Crippen LogP contribution in [0.5, 0.6) is 5.75 Å². The van der Waals surface area contributed by atoms with Gasteiger partial charge in [0, 0.05) is 34.9 Å². The third kappa shape index (κ3) is 7.30. The molecule has 1 saturated heterocycles. The van der Waals surface area contributed by atoms with Crippen LogP contribution < -0.4 is 16.5 Å². The van der Waals surface area contributed by atoms with Crippen LogP contribution in [0.1, 0.15) is 5.69 Å². The Balaban J connectivity index is 0.976. The Morgan fingerprint density at radius 1 is 1.22 bits per heavy atom. The van der Waals surface area contributed by atoms with E-state index in [9.17, 15) is 29.4 Å². The number of aromatic amines is 1. The van der Waals surface area contributed by atoms with Gasteiger partial charge in [-0.15, -0.1) is 44.6 Å². The Morgan fingerprint density at radius 3 is 2.82 bits per heavy atom. The molecule has 0 saturated carbocycles. The molecule has 0 unspecified atom stereocenters. The number of thiazole rings is 2. The van der Waals surface area contributed by atoms with Crippen LogP contribution in [-0.4, -0.2) is 99.0 Å². The molecule has 22 heteroatoms. The zero-order valence-electron chi connectivity index (χ0n) is 25.7. The summed E-state index contributed by atoms with van der Waals surface area (Å²) in [6, 6.07) is 7.83. The van der Waals surface area contributed by atoms with Crippen LogP contribution in [0.2, 0.25) is 0 Å². The number of anilines is 1. The molecule has 0 aliphatic carbocycles. The minimum atomic E-state index is -1.23. The van der Waals surface area contributed by atoms with E-state index in [4.69, 9.17) is 15.0 Å². The number of aliphatic carboxylic acids is 1. The van der Waals surface area contributed by atoms with Gasteiger partial charge in [0.2, 0.25) is 5.43 Å². The van der Waals surface area contributed by atoms with E-state index in [2.05, 4.69) is 35.6 Å². The Labute approximate surface area is 306 Å². The molecule has 4 aromatic heterocycles. The van der Waals surface area contributed by atoms with Crippen LogP contribution in [0.25, 0.3) is 21.8 Å². The molecular weight excluding hydrogens is 763 g/mol. The molecule has 0 bridgehead atoms. The summed E-state index contributed by atoms with van der Waals surface area (Å²) in [7, 11) is 0. The van der Waals surface area contributed by atoms with Gasteiger partial charge in [-0.3, -0.25) is 19.3 Å². The van der Waals surface area contributed by atoms with Crippen molar-refractivity contribution in [1.82, 2.24) is 35.4 Å². The first-order chi connectivity index (χ1) is 24.7. The molecule has 5 aromatic rings. The molecule has 262 valence electrons. The van der Waals surface area contributed by atoms with Gasteiger partial charge in [0.1, 0.15) is 35.1 Å². The fourth-order valence-corrected chi connectivity index (χ4v) is 9.58. The number of pyridine rings is 1. The average Bonchev–Trinajstić information content (AvgIpc) is 3.88. The van der Waals surface area contributed by atoms with Crippen LogP contribution in [0.3, 0.4) is 0 Å². The summed E-state index contributed by atoms with van der Waals surface area (Å²) in [5, 5.41) is 35.2. The number of nitrogen functional groups attached to an aromatic ring is 1. The number of nitrogens with two attached hydrogens (primary N) is 1. The smallest absolute Gasteiger partial charge is 0.352 e. The third-order valence-corrected chi connectivity index (χ3v) is 12.3. The van der Waals surface area contributed by atoms with Crippen LogP contribution in [0.15, 0.2) is 77.1 Å². The summed E-state index contributed by atoms with van der Waals surface area (Å²) >= 11 is 6.49. The summed E-state index contributed by atoms with van der Waals surface area (Å²) in [4.78, 5) is 68.9. The number of H-pyrrole nitrogens is 1. The lowest BCUT2D eigenvalue weighted by atomic mass is 10.0. The van der Waals surface area contributed by atoms with Gasteiger partial charge >= 0.3 is 5.97 Å². The molecule has 2 amide bonds. The van der Waals surface area contributed by atoms with Gasteiger partial charge in [0.25, 0.3) is 22.9 Å². The maximum Gasteiger partial charge on any atom is 0.352 e. The zero-order chi connectivity index (χ0) is 35.6.